The lowest BCUT2D eigenvalue weighted by Crippen LogP contribution is -2.52. The molecule has 0 saturated carbocycles. The molecule has 180 valence electrons. The van der Waals surface area contributed by atoms with Gasteiger partial charge in [0.1, 0.15) is 5.82 Å². The van der Waals surface area contributed by atoms with Crippen molar-refractivity contribution in [2.24, 2.45) is 0 Å². The van der Waals surface area contributed by atoms with Gasteiger partial charge in [-0.05, 0) is 29.8 Å². The van der Waals surface area contributed by atoms with Crippen LogP contribution in [-0.2, 0) is 6.54 Å². The van der Waals surface area contributed by atoms with Crippen LogP contribution in [0.2, 0.25) is 0 Å². The van der Waals surface area contributed by atoms with Gasteiger partial charge in [-0.1, -0.05) is 18.2 Å². The standard InChI is InChI=1S/C24H22FN5O5/c25-18-6-5-15(13-30-19-4-2-1-3-16(19)21(31)27-24(30)34)11-17(18)22(32)28-7-9-29(10-8-28)23(33)20-12-26-14-35-20/h1-6,11-12,14,24,34H,7-10,13H2,(H,27,31). The van der Waals surface area contributed by atoms with E-state index in [1.54, 1.807) is 34.1 Å². The first-order chi connectivity index (χ1) is 16.9. The number of nitrogens with zero attached hydrogens (tertiary/aromatic N) is 4. The number of aliphatic hydroxyl groups is 1. The maximum atomic E-state index is 14.7. The summed E-state index contributed by atoms with van der Waals surface area (Å²) in [5, 5.41) is 12.9. The minimum atomic E-state index is -1.27. The van der Waals surface area contributed by atoms with Crippen molar-refractivity contribution >= 4 is 23.4 Å². The van der Waals surface area contributed by atoms with E-state index in [2.05, 4.69) is 10.3 Å². The topological polar surface area (TPSA) is 119 Å². The predicted molar refractivity (Wildman–Crippen MR) is 121 cm³/mol. The summed E-state index contributed by atoms with van der Waals surface area (Å²) >= 11 is 0. The molecule has 1 saturated heterocycles. The van der Waals surface area contributed by atoms with E-state index in [0.717, 1.165) is 0 Å². The minimum absolute atomic E-state index is 0.0960. The minimum Gasteiger partial charge on any atom is -0.438 e. The molecule has 1 unspecified atom stereocenters. The van der Waals surface area contributed by atoms with Gasteiger partial charge in [-0.25, -0.2) is 9.37 Å². The van der Waals surface area contributed by atoms with Gasteiger partial charge in [0.25, 0.3) is 17.7 Å². The van der Waals surface area contributed by atoms with Gasteiger partial charge in [-0.3, -0.25) is 14.4 Å². The fraction of sp³-hybridized carbons (Fsp3) is 0.250. The summed E-state index contributed by atoms with van der Waals surface area (Å²) in [6, 6.07) is 11.0. The number of hydrogen-bond acceptors (Lipinski definition) is 7. The molecule has 2 aliphatic heterocycles. The van der Waals surface area contributed by atoms with Crippen LogP contribution in [0.5, 0.6) is 0 Å². The van der Waals surface area contributed by atoms with E-state index in [-0.39, 0.29) is 55.9 Å². The highest BCUT2D eigenvalue weighted by atomic mass is 19.1. The van der Waals surface area contributed by atoms with E-state index in [1.807, 2.05) is 0 Å². The van der Waals surface area contributed by atoms with Crippen LogP contribution in [0.15, 0.2) is 59.5 Å². The highest BCUT2D eigenvalue weighted by molar-refractivity contribution is 6.01. The average Bonchev–Trinajstić information content (AvgIpc) is 3.42. The molecule has 1 aromatic heterocycles. The number of hydrogen-bond donors (Lipinski definition) is 2. The predicted octanol–water partition coefficient (Wildman–Crippen LogP) is 1.44. The maximum absolute atomic E-state index is 14.7. The smallest absolute Gasteiger partial charge is 0.291 e. The van der Waals surface area contributed by atoms with Gasteiger partial charge >= 0.3 is 0 Å². The number of rotatable bonds is 4. The van der Waals surface area contributed by atoms with Crippen molar-refractivity contribution in [2.75, 3.05) is 31.1 Å². The van der Waals surface area contributed by atoms with E-state index in [9.17, 15) is 23.9 Å². The van der Waals surface area contributed by atoms with Crippen LogP contribution in [0.3, 0.4) is 0 Å². The molecule has 0 spiro atoms. The fourth-order valence-corrected chi connectivity index (χ4v) is 4.28. The molecular formula is C24H22FN5O5. The van der Waals surface area contributed by atoms with Crippen LogP contribution < -0.4 is 10.2 Å². The quantitative estimate of drug-likeness (QED) is 0.581. The number of aliphatic hydroxyl groups excluding tert-OH is 1. The molecule has 0 radical (unpaired) electrons. The number of benzene rings is 2. The van der Waals surface area contributed by atoms with E-state index in [0.29, 0.717) is 16.8 Å². The van der Waals surface area contributed by atoms with Crippen molar-refractivity contribution in [2.45, 2.75) is 12.9 Å². The number of halogens is 1. The Morgan fingerprint density at radius 2 is 1.80 bits per heavy atom. The second-order valence-corrected chi connectivity index (χ2v) is 8.26. The molecular weight excluding hydrogens is 457 g/mol. The Morgan fingerprint density at radius 3 is 2.51 bits per heavy atom. The van der Waals surface area contributed by atoms with Gasteiger partial charge in [0.15, 0.2) is 6.39 Å². The van der Waals surface area contributed by atoms with Crippen molar-refractivity contribution < 1.29 is 28.3 Å². The number of carbonyl (C=O) groups is 3. The Morgan fingerprint density at radius 1 is 1.09 bits per heavy atom. The van der Waals surface area contributed by atoms with Crippen LogP contribution in [-0.4, -0.2) is 70.1 Å². The van der Waals surface area contributed by atoms with Crippen LogP contribution in [0.1, 0.15) is 36.8 Å². The van der Waals surface area contributed by atoms with Gasteiger partial charge in [-0.15, -0.1) is 0 Å². The van der Waals surface area contributed by atoms with Crippen molar-refractivity contribution in [1.82, 2.24) is 20.1 Å². The van der Waals surface area contributed by atoms with Crippen molar-refractivity contribution in [3.05, 3.63) is 83.3 Å². The molecule has 2 aromatic carbocycles. The van der Waals surface area contributed by atoms with Gasteiger partial charge in [0, 0.05) is 32.7 Å². The number of para-hydroxylation sites is 1. The molecule has 3 amide bonds. The van der Waals surface area contributed by atoms with Crippen molar-refractivity contribution in [3.8, 4) is 0 Å². The number of piperazine rings is 1. The lowest BCUT2D eigenvalue weighted by Gasteiger charge is -2.36. The van der Waals surface area contributed by atoms with Crippen LogP contribution in [0, 0.1) is 5.82 Å². The van der Waals surface area contributed by atoms with Crippen LogP contribution >= 0.6 is 0 Å². The molecule has 2 N–H and O–H groups in total. The van der Waals surface area contributed by atoms with E-state index < -0.39 is 18.1 Å². The zero-order chi connectivity index (χ0) is 24.5. The van der Waals surface area contributed by atoms with Gasteiger partial charge in [-0.2, -0.15) is 0 Å². The highest BCUT2D eigenvalue weighted by Gasteiger charge is 2.31. The zero-order valence-electron chi connectivity index (χ0n) is 18.6. The molecule has 1 atom stereocenters. The molecule has 1 fully saturated rings. The van der Waals surface area contributed by atoms with Crippen molar-refractivity contribution in [3.63, 3.8) is 0 Å². The molecule has 2 aliphatic rings. The SMILES string of the molecule is O=C1NC(O)N(Cc2ccc(F)c(C(=O)N3CCN(C(=O)c4cnco4)CC3)c2)c2ccccc21. The van der Waals surface area contributed by atoms with Crippen LogP contribution in [0.4, 0.5) is 10.1 Å². The first-order valence-corrected chi connectivity index (χ1v) is 11.0. The molecule has 10 nitrogen and oxygen atoms in total. The first-order valence-electron chi connectivity index (χ1n) is 11.0. The van der Waals surface area contributed by atoms with Gasteiger partial charge < -0.3 is 29.5 Å². The summed E-state index contributed by atoms with van der Waals surface area (Å²) in [7, 11) is 0. The molecule has 0 aliphatic carbocycles. The Hall–Kier alpha value is -4.25. The number of carbonyl (C=O) groups excluding carboxylic acids is 3. The second kappa shape index (κ2) is 9.18. The first kappa shape index (κ1) is 22.5. The molecule has 35 heavy (non-hydrogen) atoms. The van der Waals surface area contributed by atoms with Gasteiger partial charge in [0.2, 0.25) is 12.1 Å². The average molecular weight is 479 g/mol. The number of oxazole rings is 1. The molecule has 5 rings (SSSR count). The third kappa shape index (κ3) is 4.33. The molecule has 3 heterocycles. The maximum Gasteiger partial charge on any atom is 0.291 e. The lowest BCUT2D eigenvalue weighted by molar-refractivity contribution is 0.0515. The van der Waals surface area contributed by atoms with E-state index in [4.69, 9.17) is 4.42 Å². The third-order valence-electron chi connectivity index (χ3n) is 6.12. The van der Waals surface area contributed by atoms with Crippen molar-refractivity contribution in [1.29, 1.82) is 0 Å². The Bertz CT molecular complexity index is 1270. The number of nitrogens with one attached hydrogen (secondary N) is 1. The largest absolute Gasteiger partial charge is 0.438 e. The summed E-state index contributed by atoms with van der Waals surface area (Å²) in [5.74, 6) is -1.72. The Kier molecular flexibility index (Phi) is 5.91. The van der Waals surface area contributed by atoms with Crippen LogP contribution in [0.25, 0.3) is 0 Å². The summed E-state index contributed by atoms with van der Waals surface area (Å²) in [4.78, 5) is 46.0. The summed E-state index contributed by atoms with van der Waals surface area (Å²) in [6.45, 7) is 1.18. The molecule has 11 heteroatoms. The number of aromatic nitrogens is 1. The fourth-order valence-electron chi connectivity index (χ4n) is 4.28. The Balaban J connectivity index is 1.30. The second-order valence-electron chi connectivity index (χ2n) is 8.26. The Labute approximate surface area is 199 Å². The highest BCUT2D eigenvalue weighted by Crippen LogP contribution is 2.27. The zero-order valence-corrected chi connectivity index (χ0v) is 18.6. The third-order valence-corrected chi connectivity index (χ3v) is 6.12. The number of anilines is 1. The molecule has 0 bridgehead atoms. The lowest BCUT2D eigenvalue weighted by atomic mass is 10.1. The van der Waals surface area contributed by atoms with Gasteiger partial charge in [0.05, 0.1) is 23.0 Å². The normalized spacial score (nSPS) is 17.7. The number of fused-ring (bicyclic) bond motifs is 1. The van der Waals surface area contributed by atoms with E-state index in [1.165, 1.54) is 35.7 Å². The summed E-state index contributed by atoms with van der Waals surface area (Å²) in [5.41, 5.74) is 1.43. The van der Waals surface area contributed by atoms with E-state index >= 15 is 0 Å². The monoisotopic (exact) mass is 479 g/mol. The summed E-state index contributed by atoms with van der Waals surface area (Å²) in [6.07, 6.45) is 1.25. The summed E-state index contributed by atoms with van der Waals surface area (Å²) < 4.78 is 19.7. The molecule has 3 aromatic rings. The number of amides is 3.